The van der Waals surface area contributed by atoms with Crippen molar-refractivity contribution in [3.05, 3.63) is 81.9 Å². The fraction of sp³-hybridized carbons (Fsp3) is 0.280. The quantitative estimate of drug-likeness (QED) is 0.147. The molecule has 0 bridgehead atoms. The summed E-state index contributed by atoms with van der Waals surface area (Å²) in [7, 11) is 0. The van der Waals surface area contributed by atoms with Gasteiger partial charge in [-0.2, -0.15) is 0 Å². The van der Waals surface area contributed by atoms with Crippen molar-refractivity contribution in [2.45, 2.75) is 26.7 Å². The van der Waals surface area contributed by atoms with Gasteiger partial charge >= 0.3 is 79.8 Å². The van der Waals surface area contributed by atoms with Crippen molar-refractivity contribution >= 4 is 18.0 Å². The van der Waals surface area contributed by atoms with Crippen LogP contribution in [0.5, 0.6) is 0 Å². The first-order chi connectivity index (χ1) is 17.1. The maximum absolute atomic E-state index is 12.4. The number of allylic oxidation sites excluding steroid dienone is 1. The van der Waals surface area contributed by atoms with Crippen molar-refractivity contribution in [2.24, 2.45) is 5.41 Å². The van der Waals surface area contributed by atoms with Gasteiger partial charge in [0.05, 0.1) is 13.2 Å². The zero-order chi connectivity index (χ0) is 29.1. The third-order valence-corrected chi connectivity index (χ3v) is 3.31. The van der Waals surface area contributed by atoms with Gasteiger partial charge in [-0.15, -0.1) is 12.3 Å². The fourth-order valence-electron chi connectivity index (χ4n) is 2.14. The third kappa shape index (κ3) is 27.3. The van der Waals surface area contributed by atoms with E-state index >= 15 is 0 Å². The summed E-state index contributed by atoms with van der Waals surface area (Å²) in [5, 5.41) is 0. The molecule has 10 nitrogen and oxygen atoms in total. The van der Waals surface area contributed by atoms with Gasteiger partial charge in [0.2, 0.25) is 0 Å². The Bertz CT molecular complexity index is 781. The first kappa shape index (κ1) is 54.7. The van der Waals surface area contributed by atoms with E-state index in [0.29, 0.717) is 0 Å². The van der Waals surface area contributed by atoms with Gasteiger partial charge in [0.25, 0.3) is 0 Å². The van der Waals surface area contributed by atoms with E-state index < -0.39 is 17.4 Å². The van der Waals surface area contributed by atoms with Crippen LogP contribution >= 0.6 is 0 Å². The molecule has 0 aliphatic carbocycles. The van der Waals surface area contributed by atoms with Crippen LogP contribution in [0, 0.1) is 57.7 Å². The van der Waals surface area contributed by atoms with Gasteiger partial charge < -0.3 is 9.47 Å². The molecule has 0 fully saturated rings. The van der Waals surface area contributed by atoms with Crippen molar-refractivity contribution in [3.8, 4) is 12.3 Å². The summed E-state index contributed by atoms with van der Waals surface area (Å²) in [4.78, 5) is 24.7. The van der Waals surface area contributed by atoms with Crippen molar-refractivity contribution < 1.29 is 80.5 Å². The summed E-state index contributed by atoms with van der Waals surface area (Å²) in [5.41, 5.74) is -0.527. The van der Waals surface area contributed by atoms with Gasteiger partial charge in [0.15, 0.2) is 5.41 Å². The summed E-state index contributed by atoms with van der Waals surface area (Å²) in [6, 6.07) is 9.58. The van der Waals surface area contributed by atoms with Crippen LogP contribution in [0.4, 0.5) is 0 Å². The number of ether oxygens (including phenoxy) is 2. The van der Waals surface area contributed by atoms with Crippen LogP contribution in [-0.4, -0.2) is 25.2 Å². The molecular formula is C25H22Co2O10. The Kier molecular flexibility index (Phi) is 73.8. The molecule has 0 aromatic heterocycles. The second kappa shape index (κ2) is 49.9. The standard InChI is InChI=1S/C19H22O4.6CO.2Co/c1-4-14-19(17(20)22-5-2,18(21)23-6-3)15-10-13-16-11-8-7-9-12-16;6*1-2;;/h1,7-13H,5-6,14-15H2,2-3H3;;;;;;;;/b13-10+;;;;;;;;. The molecule has 200 valence electrons. The van der Waals surface area contributed by atoms with Crippen molar-refractivity contribution in [3.63, 3.8) is 0 Å². The van der Waals surface area contributed by atoms with E-state index in [4.69, 9.17) is 43.8 Å². The molecule has 1 rings (SSSR count). The normalized spacial score (nSPS) is 7.16. The van der Waals surface area contributed by atoms with Gasteiger partial charge in [-0.3, -0.25) is 9.59 Å². The van der Waals surface area contributed by atoms with E-state index in [0.717, 1.165) is 5.56 Å². The largest absolute Gasteiger partial charge is 0 e. The minimum atomic E-state index is -1.49. The van der Waals surface area contributed by atoms with Crippen LogP contribution in [0.3, 0.4) is 0 Å². The van der Waals surface area contributed by atoms with E-state index in [-0.39, 0.29) is 59.6 Å². The van der Waals surface area contributed by atoms with E-state index in [1.807, 2.05) is 36.4 Å². The molecule has 0 aliphatic heterocycles. The molecule has 1 aromatic rings. The molecule has 0 saturated carbocycles. The van der Waals surface area contributed by atoms with Crippen molar-refractivity contribution in [2.75, 3.05) is 13.2 Å². The second-order valence-corrected chi connectivity index (χ2v) is 4.92. The van der Waals surface area contributed by atoms with Gasteiger partial charge in [-0.1, -0.05) is 42.5 Å². The Morgan fingerprint density at radius 2 is 1.16 bits per heavy atom. The molecule has 1 aromatic carbocycles. The molecule has 37 heavy (non-hydrogen) atoms. The van der Waals surface area contributed by atoms with E-state index in [1.165, 1.54) is 0 Å². The molecule has 0 N–H and O–H groups in total. The minimum Gasteiger partial charge on any atom is 0 e. The predicted octanol–water partition coefficient (Wildman–Crippen LogP) is 3.00. The molecule has 0 aliphatic rings. The summed E-state index contributed by atoms with van der Waals surface area (Å²) >= 11 is 0. The first-order valence-electron chi connectivity index (χ1n) is 8.82. The Hall–Kier alpha value is -3.09. The molecule has 0 heterocycles. The summed E-state index contributed by atoms with van der Waals surface area (Å²) in [6.45, 7) is 30.7. The molecular weight excluding hydrogens is 578 g/mol. The van der Waals surface area contributed by atoms with Crippen molar-refractivity contribution in [1.29, 1.82) is 0 Å². The molecule has 2 radical (unpaired) electrons. The summed E-state index contributed by atoms with van der Waals surface area (Å²) < 4.78 is 55.1. The number of hydrogen-bond donors (Lipinski definition) is 0. The SMILES string of the molecule is C#CCC(C/C=C/c1ccccc1)(C(=O)OCC)C(=O)OCC.[C-]#[O+].[C-]#[O+].[C-]#[O+].[C-]#[O+].[C-]#[O+].[C-]#[O+].[Co].[Co]. The van der Waals surface area contributed by atoms with E-state index in [2.05, 4.69) is 45.8 Å². The summed E-state index contributed by atoms with van der Waals surface area (Å²) in [5.74, 6) is 1.11. The molecule has 0 atom stereocenters. The molecule has 0 unspecified atom stereocenters. The Balaban J connectivity index is -0.0000000877. The number of carbonyl (C=O) groups is 2. The number of hydrogen-bond acceptors (Lipinski definition) is 4. The van der Waals surface area contributed by atoms with Crippen LogP contribution < -0.4 is 0 Å². The smallest absolute Gasteiger partial charge is 0 e. The summed E-state index contributed by atoms with van der Waals surface area (Å²) in [6.07, 6.45) is 9.03. The van der Waals surface area contributed by atoms with Gasteiger partial charge in [0.1, 0.15) is 0 Å². The van der Waals surface area contributed by atoms with Crippen LogP contribution in [0.15, 0.2) is 36.4 Å². The number of rotatable bonds is 8. The maximum Gasteiger partial charge on any atom is 0 e. The van der Waals surface area contributed by atoms with Crippen molar-refractivity contribution in [1.82, 2.24) is 0 Å². The van der Waals surface area contributed by atoms with E-state index in [9.17, 15) is 9.59 Å². The second-order valence-electron chi connectivity index (χ2n) is 4.92. The Morgan fingerprint density at radius 3 is 1.46 bits per heavy atom. The van der Waals surface area contributed by atoms with Crippen LogP contribution in [0.25, 0.3) is 6.08 Å². The molecule has 12 heteroatoms. The van der Waals surface area contributed by atoms with Crippen LogP contribution in [0.1, 0.15) is 32.3 Å². The topological polar surface area (TPSA) is 172 Å². The average molecular weight is 600 g/mol. The van der Waals surface area contributed by atoms with Gasteiger partial charge in [-0.25, -0.2) is 0 Å². The van der Waals surface area contributed by atoms with Gasteiger partial charge in [0, 0.05) is 40.0 Å². The number of benzene rings is 1. The number of esters is 2. The van der Waals surface area contributed by atoms with Gasteiger partial charge in [-0.05, 0) is 25.8 Å². The molecule has 0 saturated heterocycles. The maximum atomic E-state index is 12.4. The van der Waals surface area contributed by atoms with Crippen LogP contribution in [-0.2, 0) is 80.5 Å². The first-order valence-corrected chi connectivity index (χ1v) is 8.82. The minimum absolute atomic E-state index is 0. The third-order valence-electron chi connectivity index (χ3n) is 3.31. The number of carbonyl (C=O) groups excluding carboxylic acids is 2. The zero-order valence-electron chi connectivity index (χ0n) is 19.7. The Labute approximate surface area is 237 Å². The number of terminal acetylenes is 1. The van der Waals surface area contributed by atoms with E-state index in [1.54, 1.807) is 19.9 Å². The molecule has 0 amide bonds. The fourth-order valence-corrected chi connectivity index (χ4v) is 2.14. The monoisotopic (exact) mass is 600 g/mol. The Morgan fingerprint density at radius 1 is 0.811 bits per heavy atom. The predicted molar refractivity (Wildman–Crippen MR) is 113 cm³/mol. The zero-order valence-corrected chi connectivity index (χ0v) is 21.8. The van der Waals surface area contributed by atoms with Crippen LogP contribution in [0.2, 0.25) is 0 Å². The average Bonchev–Trinajstić information content (AvgIpc) is 2.95. The molecule has 0 spiro atoms.